The Balaban J connectivity index is 2.10. The Hall–Kier alpha value is -1.97. The van der Waals surface area contributed by atoms with E-state index < -0.39 is 6.43 Å². The standard InChI is InChI=1S/C21H28F2N2/c1-13(2)17-9-16(10-18(11-17)21(22)23)8-15(5)25-19-6-7-20(14(3)4)24-12-19/h6-7,9-15,21,25H,8H2,1-5H3. The Labute approximate surface area is 149 Å². The average molecular weight is 346 g/mol. The molecule has 0 bridgehead atoms. The summed E-state index contributed by atoms with van der Waals surface area (Å²) in [6, 6.07) is 9.44. The van der Waals surface area contributed by atoms with Crippen molar-refractivity contribution in [2.75, 3.05) is 5.32 Å². The minimum Gasteiger partial charge on any atom is -0.381 e. The van der Waals surface area contributed by atoms with Crippen molar-refractivity contribution >= 4 is 5.69 Å². The third kappa shape index (κ3) is 5.52. The largest absolute Gasteiger partial charge is 0.381 e. The highest BCUT2D eigenvalue weighted by Gasteiger charge is 2.13. The normalized spacial score (nSPS) is 12.9. The molecular weight excluding hydrogens is 318 g/mol. The molecule has 4 heteroatoms. The van der Waals surface area contributed by atoms with Gasteiger partial charge in [-0.1, -0.05) is 39.8 Å². The predicted molar refractivity (Wildman–Crippen MR) is 101 cm³/mol. The van der Waals surface area contributed by atoms with Gasteiger partial charge in [-0.3, -0.25) is 4.98 Å². The third-order valence-corrected chi connectivity index (χ3v) is 4.29. The maximum atomic E-state index is 13.2. The Morgan fingerprint density at radius 3 is 2.12 bits per heavy atom. The molecule has 1 aromatic carbocycles. The monoisotopic (exact) mass is 346 g/mol. The lowest BCUT2D eigenvalue weighted by atomic mass is 9.95. The molecule has 0 spiro atoms. The molecule has 0 aliphatic rings. The van der Waals surface area contributed by atoms with Crippen LogP contribution in [0.3, 0.4) is 0 Å². The van der Waals surface area contributed by atoms with E-state index in [0.717, 1.165) is 22.5 Å². The molecule has 1 heterocycles. The zero-order valence-corrected chi connectivity index (χ0v) is 15.7. The molecule has 1 atom stereocenters. The number of aromatic nitrogens is 1. The van der Waals surface area contributed by atoms with Gasteiger partial charge >= 0.3 is 0 Å². The second kappa shape index (κ2) is 8.41. The molecule has 0 aliphatic carbocycles. The number of pyridine rings is 1. The van der Waals surface area contributed by atoms with Crippen molar-refractivity contribution in [1.82, 2.24) is 4.98 Å². The fraction of sp³-hybridized carbons (Fsp3) is 0.476. The van der Waals surface area contributed by atoms with Gasteiger partial charge in [0.1, 0.15) is 0 Å². The lowest BCUT2D eigenvalue weighted by Crippen LogP contribution is -2.18. The second-order valence-electron chi connectivity index (χ2n) is 7.34. The van der Waals surface area contributed by atoms with Gasteiger partial charge in [0, 0.05) is 17.3 Å². The third-order valence-electron chi connectivity index (χ3n) is 4.29. The molecule has 0 fully saturated rings. The van der Waals surface area contributed by atoms with Gasteiger partial charge in [0.05, 0.1) is 11.9 Å². The summed E-state index contributed by atoms with van der Waals surface area (Å²) >= 11 is 0. The number of anilines is 1. The first-order valence-electron chi connectivity index (χ1n) is 8.90. The molecule has 1 unspecified atom stereocenters. The number of nitrogens with one attached hydrogen (secondary N) is 1. The molecule has 2 rings (SSSR count). The minimum absolute atomic E-state index is 0.108. The lowest BCUT2D eigenvalue weighted by molar-refractivity contribution is 0.151. The average Bonchev–Trinajstić information content (AvgIpc) is 2.54. The Bertz CT molecular complexity index is 653. The maximum Gasteiger partial charge on any atom is 0.263 e. The zero-order chi connectivity index (χ0) is 18.6. The predicted octanol–water partition coefficient (Wildman–Crippen LogP) is 6.31. The van der Waals surface area contributed by atoms with Gasteiger partial charge in [0.2, 0.25) is 0 Å². The van der Waals surface area contributed by atoms with Crippen LogP contribution >= 0.6 is 0 Å². The van der Waals surface area contributed by atoms with E-state index in [2.05, 4.69) is 31.1 Å². The number of hydrogen-bond donors (Lipinski definition) is 1. The Kier molecular flexibility index (Phi) is 6.51. The molecule has 1 aromatic heterocycles. The van der Waals surface area contributed by atoms with Crippen molar-refractivity contribution in [3.63, 3.8) is 0 Å². The van der Waals surface area contributed by atoms with Gasteiger partial charge in [-0.05, 0) is 54.5 Å². The van der Waals surface area contributed by atoms with Crippen LogP contribution in [-0.2, 0) is 6.42 Å². The summed E-state index contributed by atoms with van der Waals surface area (Å²) in [5, 5.41) is 3.40. The first-order chi connectivity index (χ1) is 11.8. The van der Waals surface area contributed by atoms with Gasteiger partial charge in [-0.2, -0.15) is 0 Å². The van der Waals surface area contributed by atoms with Gasteiger partial charge in [0.15, 0.2) is 0 Å². The van der Waals surface area contributed by atoms with Crippen molar-refractivity contribution in [2.45, 2.75) is 65.3 Å². The highest BCUT2D eigenvalue weighted by atomic mass is 19.3. The van der Waals surface area contributed by atoms with E-state index in [1.54, 1.807) is 12.1 Å². The van der Waals surface area contributed by atoms with Crippen LogP contribution in [0.25, 0.3) is 0 Å². The lowest BCUT2D eigenvalue weighted by Gasteiger charge is -2.18. The van der Waals surface area contributed by atoms with E-state index in [1.165, 1.54) is 0 Å². The number of halogens is 2. The molecule has 2 aromatic rings. The van der Waals surface area contributed by atoms with Crippen molar-refractivity contribution in [1.29, 1.82) is 0 Å². The van der Waals surface area contributed by atoms with Crippen molar-refractivity contribution in [3.05, 3.63) is 58.9 Å². The van der Waals surface area contributed by atoms with E-state index in [4.69, 9.17) is 0 Å². The summed E-state index contributed by atoms with van der Waals surface area (Å²) in [6.45, 7) is 10.3. The smallest absolute Gasteiger partial charge is 0.263 e. The highest BCUT2D eigenvalue weighted by molar-refractivity contribution is 5.43. The van der Waals surface area contributed by atoms with E-state index in [-0.39, 0.29) is 17.5 Å². The molecule has 0 amide bonds. The zero-order valence-electron chi connectivity index (χ0n) is 15.7. The molecule has 25 heavy (non-hydrogen) atoms. The fourth-order valence-electron chi connectivity index (χ4n) is 2.84. The van der Waals surface area contributed by atoms with Gasteiger partial charge in [-0.15, -0.1) is 0 Å². The molecular formula is C21H28F2N2. The number of benzene rings is 1. The van der Waals surface area contributed by atoms with Crippen LogP contribution < -0.4 is 5.32 Å². The summed E-state index contributed by atoms with van der Waals surface area (Å²) in [5.41, 5.74) is 4.02. The van der Waals surface area contributed by atoms with Gasteiger partial charge in [0.25, 0.3) is 6.43 Å². The van der Waals surface area contributed by atoms with E-state index in [1.807, 2.05) is 38.2 Å². The fourth-order valence-corrected chi connectivity index (χ4v) is 2.84. The van der Waals surface area contributed by atoms with Crippen LogP contribution in [0.4, 0.5) is 14.5 Å². The Morgan fingerprint density at radius 1 is 0.920 bits per heavy atom. The summed E-state index contributed by atoms with van der Waals surface area (Å²) in [5.74, 6) is 0.631. The van der Waals surface area contributed by atoms with Crippen LogP contribution in [0.5, 0.6) is 0 Å². The van der Waals surface area contributed by atoms with E-state index in [9.17, 15) is 8.78 Å². The van der Waals surface area contributed by atoms with Crippen LogP contribution in [0.2, 0.25) is 0 Å². The molecule has 0 aliphatic heterocycles. The molecule has 136 valence electrons. The first kappa shape index (κ1) is 19.4. The number of alkyl halides is 2. The number of hydrogen-bond acceptors (Lipinski definition) is 2. The van der Waals surface area contributed by atoms with Crippen molar-refractivity contribution < 1.29 is 8.78 Å². The molecule has 0 radical (unpaired) electrons. The summed E-state index contributed by atoms with van der Waals surface area (Å²) in [7, 11) is 0. The molecule has 0 saturated heterocycles. The SMILES string of the molecule is CC(Cc1cc(C(C)C)cc(C(F)F)c1)Nc1ccc(C(C)C)nc1. The number of nitrogens with zero attached hydrogens (tertiary/aromatic N) is 1. The van der Waals surface area contributed by atoms with Crippen LogP contribution in [0, 0.1) is 0 Å². The van der Waals surface area contributed by atoms with Gasteiger partial charge in [-0.25, -0.2) is 8.78 Å². The van der Waals surface area contributed by atoms with Crippen molar-refractivity contribution in [2.24, 2.45) is 0 Å². The molecule has 1 N–H and O–H groups in total. The second-order valence-corrected chi connectivity index (χ2v) is 7.34. The summed E-state index contributed by atoms with van der Waals surface area (Å²) in [6.07, 6.45) is 0.0844. The topological polar surface area (TPSA) is 24.9 Å². The summed E-state index contributed by atoms with van der Waals surface area (Å²) in [4.78, 5) is 4.45. The molecule has 2 nitrogen and oxygen atoms in total. The van der Waals surface area contributed by atoms with Gasteiger partial charge < -0.3 is 5.32 Å². The number of rotatable bonds is 7. The van der Waals surface area contributed by atoms with Crippen LogP contribution in [0.1, 0.15) is 75.3 Å². The van der Waals surface area contributed by atoms with Crippen LogP contribution in [0.15, 0.2) is 36.5 Å². The van der Waals surface area contributed by atoms with Crippen molar-refractivity contribution in [3.8, 4) is 0 Å². The highest BCUT2D eigenvalue weighted by Crippen LogP contribution is 2.26. The summed E-state index contributed by atoms with van der Waals surface area (Å²) < 4.78 is 26.3. The maximum absolute atomic E-state index is 13.2. The van der Waals surface area contributed by atoms with E-state index in [0.29, 0.717) is 12.3 Å². The quantitative estimate of drug-likeness (QED) is 0.635. The molecule has 0 saturated carbocycles. The van der Waals surface area contributed by atoms with E-state index >= 15 is 0 Å². The first-order valence-corrected chi connectivity index (χ1v) is 8.90. The Morgan fingerprint density at radius 2 is 1.60 bits per heavy atom. The van der Waals surface area contributed by atoms with Crippen LogP contribution in [-0.4, -0.2) is 11.0 Å². The minimum atomic E-state index is -2.44.